The van der Waals surface area contributed by atoms with Crippen LogP contribution < -0.4 is 0 Å². The Labute approximate surface area is 106 Å². The van der Waals surface area contributed by atoms with Gasteiger partial charge in [0, 0.05) is 5.56 Å². The molecule has 2 aromatic carbocycles. The van der Waals surface area contributed by atoms with E-state index in [1.54, 1.807) is 18.2 Å². The summed E-state index contributed by atoms with van der Waals surface area (Å²) in [5.41, 5.74) is 2.80. The summed E-state index contributed by atoms with van der Waals surface area (Å²) in [7, 11) is 0. The Morgan fingerprint density at radius 2 is 1.61 bits per heavy atom. The van der Waals surface area contributed by atoms with Gasteiger partial charge in [0.25, 0.3) is 0 Å². The molecule has 0 aromatic heterocycles. The quantitative estimate of drug-likeness (QED) is 0.549. The van der Waals surface area contributed by atoms with E-state index in [-0.39, 0.29) is 0 Å². The van der Waals surface area contributed by atoms with Crippen LogP contribution in [0.15, 0.2) is 58.8 Å². The molecule has 0 bridgehead atoms. The zero-order chi connectivity index (χ0) is 12.8. The number of hydrogen-bond donors (Lipinski definition) is 0. The van der Waals surface area contributed by atoms with Gasteiger partial charge in [0.05, 0.1) is 11.3 Å². The molecule has 18 heavy (non-hydrogen) atoms. The van der Waals surface area contributed by atoms with Gasteiger partial charge in [0.2, 0.25) is 0 Å². The Morgan fingerprint density at radius 1 is 0.833 bits per heavy atom. The molecule has 0 atom stereocenters. The molecule has 2 aromatic rings. The van der Waals surface area contributed by atoms with Gasteiger partial charge in [-0.05, 0) is 30.3 Å². The van der Waals surface area contributed by atoms with Crippen LogP contribution in [0.2, 0.25) is 0 Å². The van der Waals surface area contributed by atoms with Gasteiger partial charge in [0.15, 0.2) is 0 Å². The van der Waals surface area contributed by atoms with Crippen molar-refractivity contribution < 1.29 is 0 Å². The van der Waals surface area contributed by atoms with Gasteiger partial charge in [0.1, 0.15) is 5.69 Å². The second kappa shape index (κ2) is 5.48. The van der Waals surface area contributed by atoms with Crippen molar-refractivity contribution >= 4 is 11.4 Å². The predicted molar refractivity (Wildman–Crippen MR) is 72.9 cm³/mol. The smallest absolute Gasteiger partial charge is 0.101 e. The van der Waals surface area contributed by atoms with Crippen molar-refractivity contribution in [2.45, 2.75) is 0 Å². The van der Waals surface area contributed by atoms with Crippen molar-refractivity contribution in [2.24, 2.45) is 10.2 Å². The number of azo groups is 1. The van der Waals surface area contributed by atoms with E-state index in [0.717, 1.165) is 11.3 Å². The van der Waals surface area contributed by atoms with E-state index in [1.165, 1.54) is 0 Å². The second-order valence-corrected chi connectivity index (χ2v) is 3.56. The number of rotatable bonds is 2. The molecular weight excluding hydrogens is 220 g/mol. The lowest BCUT2D eigenvalue weighted by Crippen LogP contribution is -1.79. The number of benzene rings is 2. The Kier molecular flexibility index (Phi) is 3.54. The van der Waals surface area contributed by atoms with Gasteiger partial charge in [-0.15, -0.1) is 18.0 Å². The van der Waals surface area contributed by atoms with Crippen LogP contribution in [0.5, 0.6) is 0 Å². The molecule has 0 saturated carbocycles. The minimum absolute atomic E-state index is 0.639. The summed E-state index contributed by atoms with van der Waals surface area (Å²) in [4.78, 5) is 0. The van der Waals surface area contributed by atoms with Crippen molar-refractivity contribution in [3.63, 3.8) is 0 Å². The Morgan fingerprint density at radius 3 is 2.28 bits per heavy atom. The molecule has 2 nitrogen and oxygen atoms in total. The standard InChI is InChI=1S/C16H10N2/c1-3-13-10-11-16(14(4-2)12-13)18-17-15-8-6-5-7-9-15/h1-2,5-12H. The van der Waals surface area contributed by atoms with Crippen LogP contribution in [0.3, 0.4) is 0 Å². The molecule has 0 N–H and O–H groups in total. The van der Waals surface area contributed by atoms with E-state index < -0.39 is 0 Å². The second-order valence-electron chi connectivity index (χ2n) is 3.56. The van der Waals surface area contributed by atoms with E-state index in [4.69, 9.17) is 12.8 Å². The first kappa shape index (κ1) is 11.6. The molecule has 0 unspecified atom stereocenters. The molecule has 0 fully saturated rings. The van der Waals surface area contributed by atoms with Gasteiger partial charge < -0.3 is 0 Å². The van der Waals surface area contributed by atoms with Gasteiger partial charge in [-0.3, -0.25) is 0 Å². The van der Waals surface area contributed by atoms with Crippen LogP contribution in [0.25, 0.3) is 0 Å². The molecule has 0 heterocycles. The molecule has 0 aliphatic rings. The number of terminal acetylenes is 2. The normalized spacial score (nSPS) is 9.89. The summed E-state index contributed by atoms with van der Waals surface area (Å²) in [6.45, 7) is 0. The summed E-state index contributed by atoms with van der Waals surface area (Å²) in [6, 6.07) is 14.8. The Hall–Kier alpha value is -2.84. The molecule has 2 rings (SSSR count). The summed E-state index contributed by atoms with van der Waals surface area (Å²) in [5.74, 6) is 5.09. The van der Waals surface area contributed by atoms with E-state index in [1.807, 2.05) is 30.3 Å². The highest BCUT2D eigenvalue weighted by atomic mass is 15.1. The zero-order valence-electron chi connectivity index (χ0n) is 9.67. The first-order chi connectivity index (χ1) is 8.83. The monoisotopic (exact) mass is 230 g/mol. The molecule has 0 spiro atoms. The van der Waals surface area contributed by atoms with Crippen molar-refractivity contribution in [2.75, 3.05) is 0 Å². The van der Waals surface area contributed by atoms with Crippen LogP contribution in [-0.2, 0) is 0 Å². The van der Waals surface area contributed by atoms with Gasteiger partial charge in [-0.25, -0.2) is 0 Å². The minimum atomic E-state index is 0.639. The fraction of sp³-hybridized carbons (Fsp3) is 0. The van der Waals surface area contributed by atoms with E-state index in [0.29, 0.717) is 11.3 Å². The molecule has 0 aliphatic carbocycles. The van der Waals surface area contributed by atoms with Gasteiger partial charge in [-0.1, -0.05) is 30.0 Å². The third kappa shape index (κ3) is 2.64. The van der Waals surface area contributed by atoms with Crippen molar-refractivity contribution in [1.29, 1.82) is 0 Å². The molecule has 0 amide bonds. The Bertz CT molecular complexity index is 656. The lowest BCUT2D eigenvalue weighted by atomic mass is 10.1. The first-order valence-electron chi connectivity index (χ1n) is 5.37. The maximum absolute atomic E-state index is 5.42. The SMILES string of the molecule is C#Cc1ccc(N=Nc2ccccc2)c(C#C)c1. The summed E-state index contributed by atoms with van der Waals surface area (Å²) in [6.07, 6.45) is 10.7. The minimum Gasteiger partial charge on any atom is -0.151 e. The van der Waals surface area contributed by atoms with Gasteiger partial charge in [-0.2, -0.15) is 5.11 Å². The van der Waals surface area contributed by atoms with Crippen LogP contribution in [0.1, 0.15) is 11.1 Å². The van der Waals surface area contributed by atoms with Crippen LogP contribution in [0, 0.1) is 24.7 Å². The molecule has 0 aliphatic heterocycles. The molecule has 0 saturated heterocycles. The number of nitrogens with zero attached hydrogens (tertiary/aromatic N) is 2. The topological polar surface area (TPSA) is 24.7 Å². The fourth-order valence-corrected chi connectivity index (χ4v) is 1.43. The van der Waals surface area contributed by atoms with Crippen LogP contribution in [-0.4, -0.2) is 0 Å². The lowest BCUT2D eigenvalue weighted by molar-refractivity contribution is 1.22. The number of hydrogen-bond acceptors (Lipinski definition) is 2. The van der Waals surface area contributed by atoms with Crippen molar-refractivity contribution in [3.05, 3.63) is 59.7 Å². The van der Waals surface area contributed by atoms with Crippen LogP contribution >= 0.6 is 0 Å². The predicted octanol–water partition coefficient (Wildman–Crippen LogP) is 4.06. The fourth-order valence-electron chi connectivity index (χ4n) is 1.43. The van der Waals surface area contributed by atoms with E-state index in [9.17, 15) is 0 Å². The maximum atomic E-state index is 5.42. The molecule has 84 valence electrons. The van der Waals surface area contributed by atoms with Crippen molar-refractivity contribution in [3.8, 4) is 24.7 Å². The summed E-state index contributed by atoms with van der Waals surface area (Å²) < 4.78 is 0. The molecule has 0 radical (unpaired) electrons. The highest BCUT2D eigenvalue weighted by molar-refractivity contribution is 5.58. The van der Waals surface area contributed by atoms with Gasteiger partial charge >= 0.3 is 0 Å². The highest BCUT2D eigenvalue weighted by Gasteiger charge is 1.99. The first-order valence-corrected chi connectivity index (χ1v) is 5.37. The average molecular weight is 230 g/mol. The van der Waals surface area contributed by atoms with E-state index in [2.05, 4.69) is 22.1 Å². The molecular formula is C16H10N2. The van der Waals surface area contributed by atoms with E-state index >= 15 is 0 Å². The summed E-state index contributed by atoms with van der Waals surface area (Å²) in [5, 5.41) is 8.25. The zero-order valence-corrected chi connectivity index (χ0v) is 9.67. The maximum Gasteiger partial charge on any atom is 0.101 e. The van der Waals surface area contributed by atoms with Crippen molar-refractivity contribution in [1.82, 2.24) is 0 Å². The lowest BCUT2D eigenvalue weighted by Gasteiger charge is -1.98. The van der Waals surface area contributed by atoms with Crippen LogP contribution in [0.4, 0.5) is 11.4 Å². The molecule has 2 heteroatoms. The highest BCUT2D eigenvalue weighted by Crippen LogP contribution is 2.22. The third-order valence-corrected chi connectivity index (χ3v) is 2.35. The third-order valence-electron chi connectivity index (χ3n) is 2.35. The summed E-state index contributed by atoms with van der Waals surface area (Å²) >= 11 is 0. The Balaban J connectivity index is 2.33. The largest absolute Gasteiger partial charge is 0.151 e. The average Bonchev–Trinajstić information content (AvgIpc) is 2.46.